The maximum atomic E-state index is 11.6. The number of hydrogen-bond acceptors (Lipinski definition) is 4. The van der Waals surface area contributed by atoms with Crippen LogP contribution >= 0.6 is 0 Å². The summed E-state index contributed by atoms with van der Waals surface area (Å²) in [6, 6.07) is 6.89. The van der Waals surface area contributed by atoms with E-state index in [0.29, 0.717) is 12.1 Å². The molecule has 5 heteroatoms. The van der Waals surface area contributed by atoms with E-state index in [0.717, 1.165) is 11.8 Å². The van der Waals surface area contributed by atoms with Crippen LogP contribution in [0.25, 0.3) is 0 Å². The molecule has 0 saturated carbocycles. The summed E-state index contributed by atoms with van der Waals surface area (Å²) < 4.78 is 21.8. The van der Waals surface area contributed by atoms with Crippen LogP contribution in [0.2, 0.25) is 0 Å². The predicted molar refractivity (Wildman–Crippen MR) is 63.0 cm³/mol. The number of nitrogens with two attached hydrogens (primary N) is 1. The van der Waals surface area contributed by atoms with Gasteiger partial charge in [-0.2, -0.15) is 0 Å². The molecule has 1 rings (SSSR count). The van der Waals surface area contributed by atoms with E-state index in [4.69, 9.17) is 5.73 Å². The molecule has 0 aliphatic heterocycles. The average molecular weight is 241 g/mol. The van der Waals surface area contributed by atoms with Gasteiger partial charge in [0.05, 0.1) is 5.75 Å². The molecule has 0 spiro atoms. The van der Waals surface area contributed by atoms with Crippen LogP contribution < -0.4 is 5.73 Å². The van der Waals surface area contributed by atoms with Gasteiger partial charge < -0.3 is 5.73 Å². The largest absolute Gasteiger partial charge is 0.326 e. The van der Waals surface area contributed by atoms with Gasteiger partial charge in [-0.1, -0.05) is 24.3 Å². The van der Waals surface area contributed by atoms with Crippen LogP contribution in [-0.4, -0.2) is 26.2 Å². The van der Waals surface area contributed by atoms with Crippen molar-refractivity contribution in [2.24, 2.45) is 5.73 Å². The highest BCUT2D eigenvalue weighted by Crippen LogP contribution is 2.07. The number of sulfone groups is 1. The molecule has 1 aromatic carbocycles. The minimum atomic E-state index is -3.08. The zero-order valence-electron chi connectivity index (χ0n) is 9.14. The summed E-state index contributed by atoms with van der Waals surface area (Å²) in [4.78, 5) is 11.6. The van der Waals surface area contributed by atoms with E-state index in [2.05, 4.69) is 0 Å². The predicted octanol–water partition coefficient (Wildman–Crippen LogP) is 0.763. The van der Waals surface area contributed by atoms with Gasteiger partial charge in [0.15, 0.2) is 5.78 Å². The Morgan fingerprint density at radius 1 is 1.25 bits per heavy atom. The zero-order chi connectivity index (χ0) is 12.2. The third-order valence-electron chi connectivity index (χ3n) is 2.21. The topological polar surface area (TPSA) is 77.2 Å². The molecule has 0 saturated heterocycles. The number of ketones is 1. The van der Waals surface area contributed by atoms with Gasteiger partial charge in [0, 0.05) is 24.8 Å². The lowest BCUT2D eigenvalue weighted by atomic mass is 10.1. The van der Waals surface area contributed by atoms with Crippen molar-refractivity contribution in [2.45, 2.75) is 13.0 Å². The van der Waals surface area contributed by atoms with E-state index in [1.54, 1.807) is 24.3 Å². The third-order valence-corrected chi connectivity index (χ3v) is 3.16. The van der Waals surface area contributed by atoms with Crippen molar-refractivity contribution in [1.29, 1.82) is 0 Å². The summed E-state index contributed by atoms with van der Waals surface area (Å²) >= 11 is 0. The fourth-order valence-corrected chi connectivity index (χ4v) is 1.81. The van der Waals surface area contributed by atoms with Crippen LogP contribution in [0.3, 0.4) is 0 Å². The molecule has 0 aliphatic carbocycles. The lowest BCUT2D eigenvalue weighted by molar-refractivity contribution is 0.0989. The Morgan fingerprint density at radius 3 is 2.25 bits per heavy atom. The second-order valence-corrected chi connectivity index (χ2v) is 5.96. The maximum absolute atomic E-state index is 11.6. The first-order chi connectivity index (χ1) is 7.42. The van der Waals surface area contributed by atoms with Crippen LogP contribution in [0.1, 0.15) is 22.3 Å². The van der Waals surface area contributed by atoms with Crippen molar-refractivity contribution in [1.82, 2.24) is 0 Å². The molecule has 16 heavy (non-hydrogen) atoms. The molecule has 0 unspecified atom stereocenters. The Labute approximate surface area is 95.4 Å². The minimum absolute atomic E-state index is 0.0286. The minimum Gasteiger partial charge on any atom is -0.326 e. The number of hydrogen-bond donors (Lipinski definition) is 1. The first-order valence-corrected chi connectivity index (χ1v) is 6.98. The van der Waals surface area contributed by atoms with E-state index >= 15 is 0 Å². The number of carbonyl (C=O) groups excluding carboxylic acids is 1. The van der Waals surface area contributed by atoms with Crippen molar-refractivity contribution in [3.8, 4) is 0 Å². The first kappa shape index (κ1) is 12.9. The zero-order valence-corrected chi connectivity index (χ0v) is 9.96. The number of carbonyl (C=O) groups is 1. The summed E-state index contributed by atoms with van der Waals surface area (Å²) in [5.41, 5.74) is 6.90. The summed E-state index contributed by atoms with van der Waals surface area (Å²) in [6.45, 7) is 0.428. The quantitative estimate of drug-likeness (QED) is 0.772. The highest BCUT2D eigenvalue weighted by Gasteiger charge is 2.09. The summed E-state index contributed by atoms with van der Waals surface area (Å²) in [5.74, 6) is -0.265. The third kappa shape index (κ3) is 4.12. The lowest BCUT2D eigenvalue weighted by Crippen LogP contribution is -2.09. The van der Waals surface area contributed by atoms with Crippen molar-refractivity contribution in [2.75, 3.05) is 12.0 Å². The molecule has 0 fully saturated rings. The smallest absolute Gasteiger partial charge is 0.163 e. The molecule has 0 radical (unpaired) electrons. The number of benzene rings is 1. The Bertz CT molecular complexity index is 463. The Kier molecular flexibility index (Phi) is 4.20. The highest BCUT2D eigenvalue weighted by molar-refractivity contribution is 7.90. The summed E-state index contributed by atoms with van der Waals surface area (Å²) in [5, 5.41) is 0. The lowest BCUT2D eigenvalue weighted by Gasteiger charge is -2.01. The second-order valence-electron chi connectivity index (χ2n) is 3.70. The van der Waals surface area contributed by atoms with Gasteiger partial charge in [-0.3, -0.25) is 4.79 Å². The molecule has 0 amide bonds. The molecule has 88 valence electrons. The molecule has 0 aliphatic rings. The van der Waals surface area contributed by atoms with Gasteiger partial charge in [0.2, 0.25) is 0 Å². The van der Waals surface area contributed by atoms with Gasteiger partial charge in [-0.15, -0.1) is 0 Å². The first-order valence-electron chi connectivity index (χ1n) is 4.92. The van der Waals surface area contributed by atoms with Crippen molar-refractivity contribution < 1.29 is 13.2 Å². The van der Waals surface area contributed by atoms with Gasteiger partial charge in [0.25, 0.3) is 0 Å². The fourth-order valence-electron chi connectivity index (χ4n) is 1.25. The van der Waals surface area contributed by atoms with E-state index < -0.39 is 9.84 Å². The number of rotatable bonds is 5. The van der Waals surface area contributed by atoms with Crippen LogP contribution in [0.15, 0.2) is 24.3 Å². The SMILES string of the molecule is CS(=O)(=O)CCC(=O)c1ccc(CN)cc1. The van der Waals surface area contributed by atoms with Crippen molar-refractivity contribution in [3.63, 3.8) is 0 Å². The van der Waals surface area contributed by atoms with E-state index in [-0.39, 0.29) is 18.0 Å². The normalized spacial score (nSPS) is 11.4. The van der Waals surface area contributed by atoms with Gasteiger partial charge in [-0.05, 0) is 5.56 Å². The van der Waals surface area contributed by atoms with E-state index in [1.807, 2.05) is 0 Å². The molecule has 0 heterocycles. The van der Waals surface area contributed by atoms with Crippen molar-refractivity contribution in [3.05, 3.63) is 35.4 Å². The maximum Gasteiger partial charge on any atom is 0.163 e. The Hall–Kier alpha value is -1.20. The molecule has 0 bridgehead atoms. The summed E-state index contributed by atoms with van der Waals surface area (Å²) in [6.07, 6.45) is 1.15. The Morgan fingerprint density at radius 2 is 1.81 bits per heavy atom. The molecule has 1 aromatic rings. The molecule has 0 atom stereocenters. The molecular weight excluding hydrogens is 226 g/mol. The molecule has 4 nitrogen and oxygen atoms in total. The Balaban J connectivity index is 2.66. The van der Waals surface area contributed by atoms with E-state index in [9.17, 15) is 13.2 Å². The average Bonchev–Trinajstić information content (AvgIpc) is 2.25. The van der Waals surface area contributed by atoms with Crippen LogP contribution in [0.4, 0.5) is 0 Å². The van der Waals surface area contributed by atoms with Gasteiger partial charge in [0.1, 0.15) is 9.84 Å². The van der Waals surface area contributed by atoms with Gasteiger partial charge >= 0.3 is 0 Å². The van der Waals surface area contributed by atoms with E-state index in [1.165, 1.54) is 0 Å². The van der Waals surface area contributed by atoms with Crippen LogP contribution in [0.5, 0.6) is 0 Å². The van der Waals surface area contributed by atoms with Crippen molar-refractivity contribution >= 4 is 15.6 Å². The van der Waals surface area contributed by atoms with Crippen LogP contribution in [-0.2, 0) is 16.4 Å². The molecular formula is C11H15NO3S. The second kappa shape index (κ2) is 5.23. The standard InChI is InChI=1S/C11H15NO3S/c1-16(14,15)7-6-11(13)10-4-2-9(8-12)3-5-10/h2-5H,6-8,12H2,1H3. The highest BCUT2D eigenvalue weighted by atomic mass is 32.2. The molecule has 0 aromatic heterocycles. The van der Waals surface area contributed by atoms with Gasteiger partial charge in [-0.25, -0.2) is 8.42 Å². The summed E-state index contributed by atoms with van der Waals surface area (Å²) in [7, 11) is -3.08. The molecule has 2 N–H and O–H groups in total. The fraction of sp³-hybridized carbons (Fsp3) is 0.364. The number of Topliss-reactive ketones (excluding diaryl/α,β-unsaturated/α-hetero) is 1. The van der Waals surface area contributed by atoms with Crippen LogP contribution in [0, 0.1) is 0 Å². The monoisotopic (exact) mass is 241 g/mol.